The topological polar surface area (TPSA) is 71.1 Å². The average molecular weight is 488 g/mol. The number of hydrogen-bond acceptors (Lipinski definition) is 5. The van der Waals surface area contributed by atoms with Gasteiger partial charge in [0.2, 0.25) is 5.91 Å². The maximum absolute atomic E-state index is 13.4. The minimum atomic E-state index is -0.655. The van der Waals surface area contributed by atoms with Gasteiger partial charge in [0.15, 0.2) is 5.11 Å². The van der Waals surface area contributed by atoms with Gasteiger partial charge in [-0.05, 0) is 73.9 Å². The van der Waals surface area contributed by atoms with Crippen LogP contribution in [0.15, 0.2) is 42.5 Å². The third kappa shape index (κ3) is 5.07. The zero-order valence-corrected chi connectivity index (χ0v) is 20.1. The summed E-state index contributed by atoms with van der Waals surface area (Å²) in [4.78, 5) is 29.6. The van der Waals surface area contributed by atoms with Crippen molar-refractivity contribution in [3.8, 4) is 11.5 Å². The molecule has 1 aliphatic carbocycles. The predicted octanol–water partition coefficient (Wildman–Crippen LogP) is 4.63. The predicted molar refractivity (Wildman–Crippen MR) is 132 cm³/mol. The molecule has 7 nitrogen and oxygen atoms in total. The number of rotatable bonds is 9. The molecule has 2 fully saturated rings. The molecule has 1 N–H and O–H groups in total. The van der Waals surface area contributed by atoms with Crippen LogP contribution in [0.25, 0.3) is 0 Å². The molecule has 174 valence electrons. The highest BCUT2D eigenvalue weighted by molar-refractivity contribution is 7.80. The molecule has 2 aliphatic rings. The standard InChI is InChI=1S/C24H26ClN3O4S/c1-3-12-32-18-9-4-15(5-10-18)26-22(29)14-20-23(30)28(24(33)27(20)16-6-7-16)17-8-11-21(31-2)19(25)13-17/h4-5,8-11,13,16,20H,3,6-7,12,14H2,1-2H3,(H,26,29)/t20-/m0/s1. The van der Waals surface area contributed by atoms with E-state index in [1.807, 2.05) is 24.0 Å². The van der Waals surface area contributed by atoms with Crippen molar-refractivity contribution in [3.05, 3.63) is 47.5 Å². The highest BCUT2D eigenvalue weighted by atomic mass is 35.5. The van der Waals surface area contributed by atoms with E-state index in [1.54, 1.807) is 30.3 Å². The van der Waals surface area contributed by atoms with Crippen molar-refractivity contribution in [1.29, 1.82) is 0 Å². The van der Waals surface area contributed by atoms with E-state index >= 15 is 0 Å². The number of nitrogens with one attached hydrogen (secondary N) is 1. The molecule has 0 unspecified atom stereocenters. The highest BCUT2D eigenvalue weighted by Crippen LogP contribution is 2.38. The number of anilines is 2. The molecule has 1 saturated heterocycles. The first-order valence-corrected chi connectivity index (χ1v) is 11.7. The number of nitrogens with zero attached hydrogens (tertiary/aromatic N) is 2. The summed E-state index contributed by atoms with van der Waals surface area (Å²) in [5.74, 6) is 0.782. The number of carbonyl (C=O) groups excluding carboxylic acids is 2. The molecule has 1 heterocycles. The van der Waals surface area contributed by atoms with Crippen LogP contribution in [-0.4, -0.2) is 47.6 Å². The molecule has 9 heteroatoms. The van der Waals surface area contributed by atoms with Crippen molar-refractivity contribution in [2.75, 3.05) is 23.9 Å². The Morgan fingerprint density at radius 3 is 2.55 bits per heavy atom. The fraction of sp³-hybridized carbons (Fsp3) is 0.375. The molecule has 0 radical (unpaired) electrons. The number of benzene rings is 2. The summed E-state index contributed by atoms with van der Waals surface area (Å²) < 4.78 is 10.8. The van der Waals surface area contributed by atoms with Crippen molar-refractivity contribution in [2.24, 2.45) is 0 Å². The van der Waals surface area contributed by atoms with Gasteiger partial charge in [0.1, 0.15) is 17.5 Å². The molecule has 4 rings (SSSR count). The monoisotopic (exact) mass is 487 g/mol. The summed E-state index contributed by atoms with van der Waals surface area (Å²) in [7, 11) is 1.53. The van der Waals surface area contributed by atoms with Gasteiger partial charge in [-0.15, -0.1) is 0 Å². The third-order valence-corrected chi connectivity index (χ3v) is 6.27. The second kappa shape index (κ2) is 9.97. The Morgan fingerprint density at radius 2 is 1.94 bits per heavy atom. The van der Waals surface area contributed by atoms with Gasteiger partial charge in [0.25, 0.3) is 5.91 Å². The van der Waals surface area contributed by atoms with E-state index < -0.39 is 6.04 Å². The molecular weight excluding hydrogens is 462 g/mol. The zero-order chi connectivity index (χ0) is 23.5. The van der Waals surface area contributed by atoms with E-state index in [1.165, 1.54) is 12.0 Å². The van der Waals surface area contributed by atoms with Crippen molar-refractivity contribution in [1.82, 2.24) is 4.90 Å². The Morgan fingerprint density at radius 1 is 1.21 bits per heavy atom. The summed E-state index contributed by atoms with van der Waals surface area (Å²) >= 11 is 11.9. The maximum Gasteiger partial charge on any atom is 0.256 e. The minimum Gasteiger partial charge on any atom is -0.495 e. The lowest BCUT2D eigenvalue weighted by atomic mass is 10.1. The SMILES string of the molecule is CCCOc1ccc(NC(=O)C[C@H]2C(=O)N(c3ccc(OC)c(Cl)c3)C(=S)N2C2CC2)cc1. The van der Waals surface area contributed by atoms with Crippen LogP contribution in [0.4, 0.5) is 11.4 Å². The quantitative estimate of drug-likeness (QED) is 0.520. The van der Waals surface area contributed by atoms with Crippen molar-refractivity contribution >= 4 is 52.1 Å². The second-order valence-corrected chi connectivity index (χ2v) is 8.83. The molecule has 0 aromatic heterocycles. The van der Waals surface area contributed by atoms with Crippen LogP contribution in [0.3, 0.4) is 0 Å². The number of thiocarbonyl (C=S) groups is 1. The molecule has 0 bridgehead atoms. The lowest BCUT2D eigenvalue weighted by Crippen LogP contribution is -2.39. The molecule has 0 spiro atoms. The van der Waals surface area contributed by atoms with Gasteiger partial charge < -0.3 is 19.7 Å². The van der Waals surface area contributed by atoms with Gasteiger partial charge >= 0.3 is 0 Å². The number of hydrogen-bond donors (Lipinski definition) is 1. The molecule has 1 atom stereocenters. The summed E-state index contributed by atoms with van der Waals surface area (Å²) in [5, 5.41) is 3.66. The van der Waals surface area contributed by atoms with E-state index in [0.29, 0.717) is 33.9 Å². The first-order valence-electron chi connectivity index (χ1n) is 11.0. The van der Waals surface area contributed by atoms with E-state index in [4.69, 9.17) is 33.3 Å². The second-order valence-electron chi connectivity index (χ2n) is 8.05. The molecule has 1 saturated carbocycles. The number of carbonyl (C=O) groups is 2. The van der Waals surface area contributed by atoms with Gasteiger partial charge in [-0.2, -0.15) is 0 Å². The van der Waals surface area contributed by atoms with E-state index in [0.717, 1.165) is 25.0 Å². The fourth-order valence-corrected chi connectivity index (χ4v) is 4.56. The summed E-state index contributed by atoms with van der Waals surface area (Å²) in [6, 6.07) is 11.8. The van der Waals surface area contributed by atoms with Crippen molar-refractivity contribution in [2.45, 2.75) is 44.7 Å². The largest absolute Gasteiger partial charge is 0.495 e. The maximum atomic E-state index is 13.4. The van der Waals surface area contributed by atoms with E-state index in [2.05, 4.69) is 5.32 Å². The van der Waals surface area contributed by atoms with Crippen LogP contribution >= 0.6 is 23.8 Å². The van der Waals surface area contributed by atoms with Gasteiger partial charge in [-0.25, -0.2) is 0 Å². The fourth-order valence-electron chi connectivity index (χ4n) is 3.83. The molecule has 2 aromatic rings. The van der Waals surface area contributed by atoms with Gasteiger partial charge in [-0.1, -0.05) is 18.5 Å². The van der Waals surface area contributed by atoms with Crippen LogP contribution in [0, 0.1) is 0 Å². The Hall–Kier alpha value is -2.84. The number of halogens is 1. The number of methoxy groups -OCH3 is 1. The number of ether oxygens (including phenoxy) is 2. The van der Waals surface area contributed by atoms with Gasteiger partial charge in [0.05, 0.1) is 30.8 Å². The molecule has 33 heavy (non-hydrogen) atoms. The zero-order valence-electron chi connectivity index (χ0n) is 18.5. The van der Waals surface area contributed by atoms with Crippen molar-refractivity contribution < 1.29 is 19.1 Å². The Labute approximate surface area is 203 Å². The van der Waals surface area contributed by atoms with Crippen LogP contribution in [-0.2, 0) is 9.59 Å². The Kier molecular flexibility index (Phi) is 7.05. The minimum absolute atomic E-state index is 0.00391. The lowest BCUT2D eigenvalue weighted by molar-refractivity contribution is -0.124. The van der Waals surface area contributed by atoms with E-state index in [-0.39, 0.29) is 24.3 Å². The summed E-state index contributed by atoms with van der Waals surface area (Å²) in [6.07, 6.45) is 2.82. The average Bonchev–Trinajstić information content (AvgIpc) is 3.60. The van der Waals surface area contributed by atoms with Crippen LogP contribution < -0.4 is 19.7 Å². The molecule has 2 aromatic carbocycles. The third-order valence-electron chi connectivity index (χ3n) is 5.58. The van der Waals surface area contributed by atoms with Gasteiger partial charge in [-0.3, -0.25) is 14.5 Å². The van der Waals surface area contributed by atoms with Crippen LogP contribution in [0.1, 0.15) is 32.6 Å². The first-order chi connectivity index (χ1) is 15.9. The molecule has 1 aliphatic heterocycles. The Bertz CT molecular complexity index is 1060. The smallest absolute Gasteiger partial charge is 0.256 e. The highest BCUT2D eigenvalue weighted by Gasteiger charge is 2.49. The lowest BCUT2D eigenvalue weighted by Gasteiger charge is -2.23. The normalized spacial score (nSPS) is 18.0. The van der Waals surface area contributed by atoms with Crippen LogP contribution in [0.5, 0.6) is 11.5 Å². The van der Waals surface area contributed by atoms with Gasteiger partial charge in [0, 0.05) is 11.7 Å². The van der Waals surface area contributed by atoms with E-state index in [9.17, 15) is 9.59 Å². The summed E-state index contributed by atoms with van der Waals surface area (Å²) in [5.41, 5.74) is 1.21. The van der Waals surface area contributed by atoms with Crippen molar-refractivity contribution in [3.63, 3.8) is 0 Å². The molecular formula is C24H26ClN3O4S. The Balaban J connectivity index is 1.48. The summed E-state index contributed by atoms with van der Waals surface area (Å²) in [6.45, 7) is 2.68. The first kappa shape index (κ1) is 23.3. The number of amides is 2. The van der Waals surface area contributed by atoms with Crippen LogP contribution in [0.2, 0.25) is 5.02 Å². The molecule has 2 amide bonds.